The van der Waals surface area contributed by atoms with Gasteiger partial charge in [-0.2, -0.15) is 0 Å². The number of fused-ring (bicyclic) bond motifs is 2. The standard InChI is InChI=1S/C42H66O14/c1-27-17-15-13-11-9-7-5-6-8-10-12-14-16-18-33(54-4)24-37-39(41(51)52)36(48)26-42(53,56-37)25-35(47)34(46)20-19-30(43)21-31(44)22-32(45)23-38(49)55-29(3)28(2)40(27)50/h5-6,8,10-18,27-37,39-40,43-48,50,53H,7,9,19-26H2,1-4H3,(H,51,52)/b6-5+,10-8+,13-11+,14-12+,17-15+,18-16?/t27-,28-,29-,30+,31+,32+,33-,34+,35+,36-,37-,39+,40+,42+/m0/s1. The second-order valence-electron chi connectivity index (χ2n) is 15.2. The van der Waals surface area contributed by atoms with E-state index in [2.05, 4.69) is 0 Å². The number of carbonyl (C=O) groups excluding carboxylic acids is 1. The second-order valence-corrected chi connectivity index (χ2v) is 15.2. The van der Waals surface area contributed by atoms with Crippen LogP contribution in [0.15, 0.2) is 72.9 Å². The van der Waals surface area contributed by atoms with Gasteiger partial charge in [0, 0.05) is 38.2 Å². The quantitative estimate of drug-likeness (QED) is 0.183. The second kappa shape index (κ2) is 25.4. The van der Waals surface area contributed by atoms with Gasteiger partial charge in [0.1, 0.15) is 12.0 Å². The maximum absolute atomic E-state index is 12.5. The van der Waals surface area contributed by atoms with Gasteiger partial charge in [0.15, 0.2) is 5.79 Å². The monoisotopic (exact) mass is 794 g/mol. The first-order chi connectivity index (χ1) is 26.5. The van der Waals surface area contributed by atoms with E-state index >= 15 is 0 Å². The number of methoxy groups -OCH3 is 1. The molecule has 0 radical (unpaired) electrons. The first kappa shape index (κ1) is 49.1. The van der Waals surface area contributed by atoms with Crippen LogP contribution >= 0.6 is 0 Å². The number of aliphatic hydroxyl groups is 8. The maximum atomic E-state index is 12.5. The predicted molar refractivity (Wildman–Crippen MR) is 209 cm³/mol. The van der Waals surface area contributed by atoms with Crippen molar-refractivity contribution >= 4 is 11.9 Å². The van der Waals surface area contributed by atoms with Crippen LogP contribution in [-0.4, -0.2) is 132 Å². The maximum Gasteiger partial charge on any atom is 0.311 e. The number of ether oxygens (including phenoxy) is 3. The van der Waals surface area contributed by atoms with Crippen LogP contribution in [0.25, 0.3) is 0 Å². The Morgan fingerprint density at radius 1 is 0.732 bits per heavy atom. The Hall–Kier alpha value is -3.02. The van der Waals surface area contributed by atoms with E-state index in [1.54, 1.807) is 38.2 Å². The SMILES string of the molecule is CO[C@H]1C=C/C=C/C=C/C=C/CC/C=C/C=C/[C@H](C)[C@@H](O)[C@@H](C)[C@H](C)OC(=O)C[C@H](O)C[C@H](O)C[C@H](O)CC[C@@H](O)[C@H](O)C[C@]2(O)C[C@H](O)[C@@H](C(=O)O)[C@H](C1)O2. The number of carboxylic acid groups (broad SMARTS) is 1. The van der Waals surface area contributed by atoms with Gasteiger partial charge < -0.3 is 60.2 Å². The van der Waals surface area contributed by atoms with Gasteiger partial charge in [-0.25, -0.2) is 0 Å². The van der Waals surface area contributed by atoms with E-state index < -0.39 is 110 Å². The van der Waals surface area contributed by atoms with Crippen molar-refractivity contribution in [3.8, 4) is 0 Å². The van der Waals surface area contributed by atoms with Gasteiger partial charge in [-0.1, -0.05) is 86.8 Å². The lowest BCUT2D eigenvalue weighted by atomic mass is 9.82. The molecule has 0 spiro atoms. The lowest BCUT2D eigenvalue weighted by Gasteiger charge is -2.44. The van der Waals surface area contributed by atoms with Crippen molar-refractivity contribution in [1.82, 2.24) is 0 Å². The van der Waals surface area contributed by atoms with Crippen LogP contribution in [0.5, 0.6) is 0 Å². The third-order valence-corrected chi connectivity index (χ3v) is 10.3. The van der Waals surface area contributed by atoms with Gasteiger partial charge in [0.2, 0.25) is 0 Å². The average Bonchev–Trinajstić information content (AvgIpc) is 3.11. The molecule has 0 amide bonds. The normalized spacial score (nSPS) is 41.7. The summed E-state index contributed by atoms with van der Waals surface area (Å²) in [7, 11) is 1.42. The van der Waals surface area contributed by atoms with Gasteiger partial charge in [-0.05, 0) is 45.4 Å². The number of carbonyl (C=O) groups is 2. The molecule has 56 heavy (non-hydrogen) atoms. The molecule has 14 nitrogen and oxygen atoms in total. The van der Waals surface area contributed by atoms with Gasteiger partial charge in [-0.3, -0.25) is 9.59 Å². The van der Waals surface area contributed by atoms with Gasteiger partial charge in [0.25, 0.3) is 0 Å². The van der Waals surface area contributed by atoms with Gasteiger partial charge in [0.05, 0.1) is 61.4 Å². The summed E-state index contributed by atoms with van der Waals surface area (Å²) in [4.78, 5) is 24.6. The number of esters is 1. The van der Waals surface area contributed by atoms with Crippen LogP contribution < -0.4 is 0 Å². The van der Waals surface area contributed by atoms with Crippen LogP contribution in [-0.2, 0) is 23.8 Å². The fraction of sp³-hybridized carbons (Fsp3) is 0.667. The summed E-state index contributed by atoms with van der Waals surface area (Å²) in [6.45, 7) is 5.29. The summed E-state index contributed by atoms with van der Waals surface area (Å²) >= 11 is 0. The summed E-state index contributed by atoms with van der Waals surface area (Å²) in [5.74, 6) is -6.28. The fourth-order valence-corrected chi connectivity index (χ4v) is 6.83. The molecule has 9 N–H and O–H groups in total. The Morgan fingerprint density at radius 2 is 1.30 bits per heavy atom. The highest BCUT2D eigenvalue weighted by molar-refractivity contribution is 5.71. The van der Waals surface area contributed by atoms with Crippen molar-refractivity contribution in [2.24, 2.45) is 17.8 Å². The number of carboxylic acids is 1. The molecule has 2 aliphatic heterocycles. The van der Waals surface area contributed by atoms with Crippen molar-refractivity contribution in [1.29, 1.82) is 0 Å². The summed E-state index contributed by atoms with van der Waals surface area (Å²) < 4.78 is 16.8. The number of aliphatic carboxylic acids is 1. The van der Waals surface area contributed by atoms with Crippen LogP contribution in [0.2, 0.25) is 0 Å². The van der Waals surface area contributed by atoms with Crippen molar-refractivity contribution in [2.45, 2.75) is 152 Å². The molecule has 0 aliphatic carbocycles. The number of hydrogen-bond donors (Lipinski definition) is 9. The molecule has 0 saturated carbocycles. The van der Waals surface area contributed by atoms with Crippen molar-refractivity contribution in [3.05, 3.63) is 72.9 Å². The van der Waals surface area contributed by atoms with E-state index in [9.17, 15) is 55.5 Å². The van der Waals surface area contributed by atoms with E-state index in [1.807, 2.05) is 55.5 Å². The minimum atomic E-state index is -2.19. The lowest BCUT2D eigenvalue weighted by Crippen LogP contribution is -2.56. The molecule has 0 aromatic carbocycles. The number of hydrogen-bond acceptors (Lipinski definition) is 13. The Balaban J connectivity index is 2.18. The van der Waals surface area contributed by atoms with E-state index in [0.29, 0.717) is 0 Å². The highest BCUT2D eigenvalue weighted by Crippen LogP contribution is 2.37. The Labute approximate surface area is 330 Å². The molecular weight excluding hydrogens is 728 g/mol. The minimum absolute atomic E-state index is 0.0532. The largest absolute Gasteiger partial charge is 0.481 e. The van der Waals surface area contributed by atoms with Crippen molar-refractivity contribution in [2.75, 3.05) is 7.11 Å². The van der Waals surface area contributed by atoms with Crippen LogP contribution in [0.3, 0.4) is 0 Å². The van der Waals surface area contributed by atoms with Crippen molar-refractivity contribution < 1.29 is 69.8 Å². The molecule has 0 unspecified atom stereocenters. The van der Waals surface area contributed by atoms with E-state index in [4.69, 9.17) is 14.2 Å². The first-order valence-corrected chi connectivity index (χ1v) is 19.6. The molecular formula is C42H66O14. The molecule has 2 aliphatic rings. The molecule has 2 bridgehead atoms. The molecule has 0 aromatic heterocycles. The summed E-state index contributed by atoms with van der Waals surface area (Å²) in [6, 6.07) is 0. The van der Waals surface area contributed by atoms with E-state index in [-0.39, 0.29) is 38.0 Å². The zero-order valence-corrected chi connectivity index (χ0v) is 33.1. The number of rotatable bonds is 2. The van der Waals surface area contributed by atoms with Crippen LogP contribution in [0.4, 0.5) is 0 Å². The molecule has 14 heteroatoms. The molecule has 1 saturated heterocycles. The fourth-order valence-electron chi connectivity index (χ4n) is 6.83. The molecule has 14 atom stereocenters. The van der Waals surface area contributed by atoms with E-state index in [1.165, 1.54) is 7.11 Å². The number of allylic oxidation sites excluding steroid dienone is 10. The Bertz CT molecular complexity index is 1340. The minimum Gasteiger partial charge on any atom is -0.481 e. The zero-order chi connectivity index (χ0) is 41.8. The Morgan fingerprint density at radius 3 is 1.95 bits per heavy atom. The molecule has 1 fully saturated rings. The first-order valence-electron chi connectivity index (χ1n) is 19.6. The highest BCUT2D eigenvalue weighted by atomic mass is 16.6. The van der Waals surface area contributed by atoms with Gasteiger partial charge in [-0.15, -0.1) is 0 Å². The number of aliphatic hydroxyl groups excluding tert-OH is 7. The van der Waals surface area contributed by atoms with Gasteiger partial charge >= 0.3 is 11.9 Å². The van der Waals surface area contributed by atoms with Crippen LogP contribution in [0, 0.1) is 17.8 Å². The molecule has 2 heterocycles. The van der Waals surface area contributed by atoms with E-state index in [0.717, 1.165) is 12.8 Å². The summed E-state index contributed by atoms with van der Waals surface area (Å²) in [5.41, 5.74) is 0. The molecule has 0 aromatic rings. The third-order valence-electron chi connectivity index (χ3n) is 10.3. The van der Waals surface area contributed by atoms with Crippen LogP contribution in [0.1, 0.15) is 85.0 Å². The molecule has 318 valence electrons. The third kappa shape index (κ3) is 18.1. The Kier molecular flexibility index (Phi) is 22.3. The average molecular weight is 795 g/mol. The lowest BCUT2D eigenvalue weighted by molar-refractivity contribution is -0.302. The predicted octanol–water partition coefficient (Wildman–Crippen LogP) is 2.77. The zero-order valence-electron chi connectivity index (χ0n) is 33.1. The highest BCUT2D eigenvalue weighted by Gasteiger charge is 2.50. The smallest absolute Gasteiger partial charge is 0.311 e. The molecule has 2 rings (SSSR count). The van der Waals surface area contributed by atoms with Crippen molar-refractivity contribution in [3.63, 3.8) is 0 Å². The summed E-state index contributed by atoms with van der Waals surface area (Å²) in [5, 5.41) is 95.6. The number of cyclic esters (lactones) is 1. The topological polar surface area (TPSA) is 244 Å². The summed E-state index contributed by atoms with van der Waals surface area (Å²) in [6.07, 6.45) is 10.0.